The standard InChI is InChI=1S/C16H23ClN2/c1-11-9-19(10-12(11)2)16-13(4-3-5-15(16)17)8-18-14-6-7-14/h3-5,11-12,14,18H,6-10H2,1-2H3. The van der Waals surface area contributed by atoms with E-state index in [0.29, 0.717) is 0 Å². The maximum Gasteiger partial charge on any atom is 0.0642 e. The van der Waals surface area contributed by atoms with Crippen molar-refractivity contribution < 1.29 is 0 Å². The van der Waals surface area contributed by atoms with Crippen molar-refractivity contribution in [3.63, 3.8) is 0 Å². The minimum atomic E-state index is 0.739. The zero-order valence-electron chi connectivity index (χ0n) is 11.8. The van der Waals surface area contributed by atoms with Crippen LogP contribution in [0.4, 0.5) is 5.69 Å². The molecule has 1 saturated carbocycles. The number of para-hydroxylation sites is 1. The Kier molecular flexibility index (Phi) is 3.72. The van der Waals surface area contributed by atoms with Crippen LogP contribution in [-0.4, -0.2) is 19.1 Å². The summed E-state index contributed by atoms with van der Waals surface area (Å²) in [5.41, 5.74) is 2.61. The van der Waals surface area contributed by atoms with Crippen molar-refractivity contribution in [2.24, 2.45) is 11.8 Å². The molecule has 0 aromatic heterocycles. The quantitative estimate of drug-likeness (QED) is 0.904. The van der Waals surface area contributed by atoms with Crippen LogP contribution in [0.25, 0.3) is 0 Å². The Hall–Kier alpha value is -0.730. The molecule has 1 aliphatic heterocycles. The van der Waals surface area contributed by atoms with Crippen LogP contribution in [0.2, 0.25) is 5.02 Å². The molecule has 104 valence electrons. The van der Waals surface area contributed by atoms with Gasteiger partial charge in [0.15, 0.2) is 0 Å². The smallest absolute Gasteiger partial charge is 0.0642 e. The van der Waals surface area contributed by atoms with Gasteiger partial charge in [-0.05, 0) is 36.3 Å². The Labute approximate surface area is 121 Å². The first-order chi connectivity index (χ1) is 9.15. The fourth-order valence-electron chi connectivity index (χ4n) is 2.91. The highest BCUT2D eigenvalue weighted by molar-refractivity contribution is 6.33. The molecule has 1 aromatic rings. The van der Waals surface area contributed by atoms with Gasteiger partial charge in [0.05, 0.1) is 10.7 Å². The fraction of sp³-hybridized carbons (Fsp3) is 0.625. The highest BCUT2D eigenvalue weighted by atomic mass is 35.5. The molecule has 3 rings (SSSR count). The van der Waals surface area contributed by atoms with Crippen molar-refractivity contribution >= 4 is 17.3 Å². The lowest BCUT2D eigenvalue weighted by Gasteiger charge is -2.23. The number of rotatable bonds is 4. The first-order valence-corrected chi connectivity index (χ1v) is 7.78. The van der Waals surface area contributed by atoms with Gasteiger partial charge in [-0.1, -0.05) is 37.6 Å². The van der Waals surface area contributed by atoms with Gasteiger partial charge >= 0.3 is 0 Å². The van der Waals surface area contributed by atoms with E-state index in [1.807, 2.05) is 6.07 Å². The van der Waals surface area contributed by atoms with E-state index >= 15 is 0 Å². The molecule has 1 saturated heterocycles. The average Bonchev–Trinajstić information content (AvgIpc) is 3.14. The molecule has 1 N–H and O–H groups in total. The molecular formula is C16H23ClN2. The van der Waals surface area contributed by atoms with Crippen LogP contribution in [0.1, 0.15) is 32.3 Å². The van der Waals surface area contributed by atoms with Gasteiger partial charge in [0.25, 0.3) is 0 Å². The zero-order valence-corrected chi connectivity index (χ0v) is 12.6. The van der Waals surface area contributed by atoms with E-state index in [1.165, 1.54) is 24.1 Å². The summed E-state index contributed by atoms with van der Waals surface area (Å²) >= 11 is 6.47. The SMILES string of the molecule is CC1CN(c2c(Cl)cccc2CNC2CC2)CC1C. The predicted octanol–water partition coefficient (Wildman–Crippen LogP) is 3.68. The maximum atomic E-state index is 6.47. The largest absolute Gasteiger partial charge is 0.370 e. The molecule has 1 heterocycles. The predicted molar refractivity (Wildman–Crippen MR) is 81.9 cm³/mol. The average molecular weight is 279 g/mol. The summed E-state index contributed by atoms with van der Waals surface area (Å²) in [5, 5.41) is 4.50. The van der Waals surface area contributed by atoms with E-state index in [9.17, 15) is 0 Å². The second-order valence-corrected chi connectivity index (χ2v) is 6.67. The van der Waals surface area contributed by atoms with E-state index in [2.05, 4.69) is 36.2 Å². The highest BCUT2D eigenvalue weighted by Crippen LogP contribution is 2.35. The van der Waals surface area contributed by atoms with E-state index in [1.54, 1.807) is 0 Å². The number of nitrogens with zero attached hydrogens (tertiary/aromatic N) is 1. The first-order valence-electron chi connectivity index (χ1n) is 7.41. The van der Waals surface area contributed by atoms with Crippen LogP contribution >= 0.6 is 11.6 Å². The first kappa shape index (κ1) is 13.3. The zero-order chi connectivity index (χ0) is 13.4. The van der Waals surface area contributed by atoms with Gasteiger partial charge in [-0.15, -0.1) is 0 Å². The number of anilines is 1. The molecule has 19 heavy (non-hydrogen) atoms. The third-order valence-electron chi connectivity index (χ3n) is 4.53. The number of halogens is 1. The molecule has 0 radical (unpaired) electrons. The molecule has 2 aliphatic rings. The van der Waals surface area contributed by atoms with E-state index in [-0.39, 0.29) is 0 Å². The number of benzene rings is 1. The molecule has 0 spiro atoms. The molecule has 3 heteroatoms. The molecule has 2 fully saturated rings. The molecule has 2 atom stereocenters. The lowest BCUT2D eigenvalue weighted by molar-refractivity contribution is 0.494. The van der Waals surface area contributed by atoms with Gasteiger partial charge < -0.3 is 10.2 Å². The maximum absolute atomic E-state index is 6.47. The summed E-state index contributed by atoms with van der Waals surface area (Å²) in [6.45, 7) is 7.87. The second kappa shape index (κ2) is 5.34. The van der Waals surface area contributed by atoms with Crippen molar-refractivity contribution in [3.05, 3.63) is 28.8 Å². The van der Waals surface area contributed by atoms with Crippen molar-refractivity contribution in [2.45, 2.75) is 39.3 Å². The van der Waals surface area contributed by atoms with Crippen LogP contribution in [0.5, 0.6) is 0 Å². The molecular weight excluding hydrogens is 256 g/mol. The lowest BCUT2D eigenvalue weighted by Crippen LogP contribution is -2.24. The van der Waals surface area contributed by atoms with Gasteiger partial charge in [-0.2, -0.15) is 0 Å². The molecule has 1 aromatic carbocycles. The summed E-state index contributed by atoms with van der Waals surface area (Å²) in [6, 6.07) is 7.04. The minimum absolute atomic E-state index is 0.739. The van der Waals surface area contributed by atoms with E-state index < -0.39 is 0 Å². The topological polar surface area (TPSA) is 15.3 Å². The summed E-state index contributed by atoms with van der Waals surface area (Å²) in [7, 11) is 0. The Morgan fingerprint density at radius 2 is 1.89 bits per heavy atom. The number of nitrogens with one attached hydrogen (secondary N) is 1. The molecule has 1 aliphatic carbocycles. The van der Waals surface area contributed by atoms with Crippen molar-refractivity contribution in [2.75, 3.05) is 18.0 Å². The summed E-state index contributed by atoms with van der Waals surface area (Å²) in [5.74, 6) is 1.50. The van der Waals surface area contributed by atoms with Gasteiger partial charge in [0, 0.05) is 25.7 Å². The molecule has 2 unspecified atom stereocenters. The van der Waals surface area contributed by atoms with Gasteiger partial charge in [0.1, 0.15) is 0 Å². The van der Waals surface area contributed by atoms with Crippen molar-refractivity contribution in [3.8, 4) is 0 Å². The van der Waals surface area contributed by atoms with Crippen LogP contribution < -0.4 is 10.2 Å². The van der Waals surface area contributed by atoms with Crippen molar-refractivity contribution in [1.82, 2.24) is 5.32 Å². The Balaban J connectivity index is 1.81. The van der Waals surface area contributed by atoms with Crippen LogP contribution in [0, 0.1) is 11.8 Å². The van der Waals surface area contributed by atoms with E-state index in [4.69, 9.17) is 11.6 Å². The number of hydrogen-bond donors (Lipinski definition) is 1. The molecule has 2 nitrogen and oxygen atoms in total. The minimum Gasteiger partial charge on any atom is -0.370 e. The molecule has 0 bridgehead atoms. The third-order valence-corrected chi connectivity index (χ3v) is 4.84. The fourth-order valence-corrected chi connectivity index (χ4v) is 3.22. The van der Waals surface area contributed by atoms with Crippen LogP contribution in [-0.2, 0) is 6.54 Å². The van der Waals surface area contributed by atoms with Gasteiger partial charge in [0.2, 0.25) is 0 Å². The third kappa shape index (κ3) is 2.90. The summed E-state index contributed by atoms with van der Waals surface area (Å²) < 4.78 is 0. The molecule has 0 amide bonds. The van der Waals surface area contributed by atoms with Crippen molar-refractivity contribution in [1.29, 1.82) is 0 Å². The van der Waals surface area contributed by atoms with Crippen LogP contribution in [0.3, 0.4) is 0 Å². The number of hydrogen-bond acceptors (Lipinski definition) is 2. The van der Waals surface area contributed by atoms with Gasteiger partial charge in [-0.3, -0.25) is 0 Å². The van der Waals surface area contributed by atoms with Gasteiger partial charge in [-0.25, -0.2) is 0 Å². The monoisotopic (exact) mass is 278 g/mol. The highest BCUT2D eigenvalue weighted by Gasteiger charge is 2.29. The summed E-state index contributed by atoms with van der Waals surface area (Å²) in [6.07, 6.45) is 2.65. The normalized spacial score (nSPS) is 27.0. The Morgan fingerprint density at radius 3 is 2.53 bits per heavy atom. The Bertz CT molecular complexity index is 446. The summed E-state index contributed by atoms with van der Waals surface area (Å²) in [4.78, 5) is 2.47. The second-order valence-electron chi connectivity index (χ2n) is 6.26. The lowest BCUT2D eigenvalue weighted by atomic mass is 10.0. The van der Waals surface area contributed by atoms with E-state index in [0.717, 1.165) is 42.5 Å². The van der Waals surface area contributed by atoms with Crippen LogP contribution in [0.15, 0.2) is 18.2 Å². The Morgan fingerprint density at radius 1 is 1.21 bits per heavy atom.